The minimum Gasteiger partial charge on any atom is -0.348 e. The standard InChI is InChI=1S/C10H15N3OS/c1-7-4-11-10(15-7)13-5-8(6-13)9(14)12(2)3/h4,8H,5-6H2,1-3H3. The fraction of sp³-hybridized carbons (Fsp3) is 0.600. The first-order chi connectivity index (χ1) is 7.08. The molecule has 0 bridgehead atoms. The smallest absolute Gasteiger partial charge is 0.228 e. The highest BCUT2D eigenvalue weighted by Crippen LogP contribution is 2.28. The first-order valence-corrected chi connectivity index (χ1v) is 5.78. The maximum absolute atomic E-state index is 11.6. The quantitative estimate of drug-likeness (QED) is 0.752. The molecular weight excluding hydrogens is 210 g/mol. The Labute approximate surface area is 93.5 Å². The summed E-state index contributed by atoms with van der Waals surface area (Å²) in [6.07, 6.45) is 1.88. The first kappa shape index (κ1) is 10.4. The number of carbonyl (C=O) groups excluding carboxylic acids is 1. The molecule has 0 radical (unpaired) electrons. The zero-order valence-electron chi connectivity index (χ0n) is 9.23. The van der Waals surface area contributed by atoms with Gasteiger partial charge in [-0.3, -0.25) is 4.79 Å². The van der Waals surface area contributed by atoms with Crippen molar-refractivity contribution in [1.29, 1.82) is 0 Å². The molecule has 1 aliphatic heterocycles. The van der Waals surface area contributed by atoms with Crippen LogP contribution < -0.4 is 4.90 Å². The first-order valence-electron chi connectivity index (χ1n) is 4.96. The number of hydrogen-bond donors (Lipinski definition) is 0. The van der Waals surface area contributed by atoms with Crippen LogP contribution in [0.2, 0.25) is 0 Å². The van der Waals surface area contributed by atoms with Crippen molar-refractivity contribution in [3.05, 3.63) is 11.1 Å². The molecule has 0 aromatic carbocycles. The van der Waals surface area contributed by atoms with Gasteiger partial charge in [0.15, 0.2) is 5.13 Å². The molecule has 2 rings (SSSR count). The number of nitrogens with zero attached hydrogens (tertiary/aromatic N) is 3. The van der Waals surface area contributed by atoms with Crippen LogP contribution in [0.4, 0.5) is 5.13 Å². The highest BCUT2D eigenvalue weighted by molar-refractivity contribution is 7.15. The minimum atomic E-state index is 0.157. The van der Waals surface area contributed by atoms with Crippen LogP contribution in [-0.2, 0) is 4.79 Å². The van der Waals surface area contributed by atoms with E-state index < -0.39 is 0 Å². The van der Waals surface area contributed by atoms with Crippen molar-refractivity contribution in [2.45, 2.75) is 6.92 Å². The van der Waals surface area contributed by atoms with E-state index in [4.69, 9.17) is 0 Å². The Hall–Kier alpha value is -1.10. The number of anilines is 1. The molecule has 0 N–H and O–H groups in total. The monoisotopic (exact) mass is 225 g/mol. The lowest BCUT2D eigenvalue weighted by Crippen LogP contribution is -2.53. The number of hydrogen-bond acceptors (Lipinski definition) is 4. The molecule has 1 aliphatic rings. The van der Waals surface area contributed by atoms with Crippen LogP contribution in [0.5, 0.6) is 0 Å². The molecular formula is C10H15N3OS. The van der Waals surface area contributed by atoms with Gasteiger partial charge >= 0.3 is 0 Å². The van der Waals surface area contributed by atoms with Crippen LogP contribution >= 0.6 is 11.3 Å². The van der Waals surface area contributed by atoms with Crippen LogP contribution in [0.25, 0.3) is 0 Å². The molecule has 4 nitrogen and oxygen atoms in total. The Balaban J connectivity index is 1.91. The van der Waals surface area contributed by atoms with Crippen molar-refractivity contribution in [3.63, 3.8) is 0 Å². The molecule has 1 saturated heterocycles. The van der Waals surface area contributed by atoms with Gasteiger partial charge in [-0.25, -0.2) is 4.98 Å². The van der Waals surface area contributed by atoms with Crippen LogP contribution in [0.1, 0.15) is 4.88 Å². The largest absolute Gasteiger partial charge is 0.348 e. The van der Waals surface area contributed by atoms with Gasteiger partial charge in [0.2, 0.25) is 5.91 Å². The average Bonchev–Trinajstić information content (AvgIpc) is 2.49. The van der Waals surface area contributed by atoms with Crippen molar-refractivity contribution in [2.75, 3.05) is 32.1 Å². The Kier molecular flexibility index (Phi) is 2.65. The fourth-order valence-electron chi connectivity index (χ4n) is 1.65. The lowest BCUT2D eigenvalue weighted by atomic mass is 10.00. The third-order valence-corrected chi connectivity index (χ3v) is 3.52. The summed E-state index contributed by atoms with van der Waals surface area (Å²) in [5.74, 6) is 0.378. The summed E-state index contributed by atoms with van der Waals surface area (Å²) < 4.78 is 0. The molecule has 0 spiro atoms. The van der Waals surface area contributed by atoms with E-state index in [2.05, 4.69) is 9.88 Å². The topological polar surface area (TPSA) is 36.4 Å². The number of carbonyl (C=O) groups is 1. The zero-order chi connectivity index (χ0) is 11.0. The van der Waals surface area contributed by atoms with Crippen molar-refractivity contribution in [3.8, 4) is 0 Å². The molecule has 1 amide bonds. The molecule has 15 heavy (non-hydrogen) atoms. The number of amides is 1. The molecule has 1 fully saturated rings. The van der Waals surface area contributed by atoms with Gasteiger partial charge in [0.1, 0.15) is 0 Å². The van der Waals surface area contributed by atoms with Crippen LogP contribution in [-0.4, -0.2) is 43.0 Å². The summed E-state index contributed by atoms with van der Waals surface area (Å²) in [6, 6.07) is 0. The summed E-state index contributed by atoms with van der Waals surface area (Å²) in [5, 5.41) is 1.04. The maximum Gasteiger partial charge on any atom is 0.228 e. The van der Waals surface area contributed by atoms with E-state index in [0.717, 1.165) is 18.2 Å². The molecule has 1 aromatic heterocycles. The van der Waals surface area contributed by atoms with E-state index in [9.17, 15) is 4.79 Å². The van der Waals surface area contributed by atoms with E-state index in [1.165, 1.54) is 4.88 Å². The number of thiazole rings is 1. The summed E-state index contributed by atoms with van der Waals surface area (Å²) in [4.78, 5) is 20.9. The molecule has 0 saturated carbocycles. The summed E-state index contributed by atoms with van der Waals surface area (Å²) in [7, 11) is 3.61. The van der Waals surface area contributed by atoms with Crippen molar-refractivity contribution in [2.24, 2.45) is 5.92 Å². The summed E-state index contributed by atoms with van der Waals surface area (Å²) >= 11 is 1.68. The Morgan fingerprint density at radius 1 is 1.60 bits per heavy atom. The molecule has 1 aromatic rings. The van der Waals surface area contributed by atoms with Crippen LogP contribution in [0.15, 0.2) is 6.20 Å². The minimum absolute atomic E-state index is 0.157. The Morgan fingerprint density at radius 3 is 2.73 bits per heavy atom. The molecule has 82 valence electrons. The van der Waals surface area contributed by atoms with E-state index in [0.29, 0.717) is 0 Å². The van der Waals surface area contributed by atoms with Crippen molar-refractivity contribution in [1.82, 2.24) is 9.88 Å². The van der Waals surface area contributed by atoms with Gasteiger partial charge < -0.3 is 9.80 Å². The zero-order valence-corrected chi connectivity index (χ0v) is 10.0. The molecule has 0 unspecified atom stereocenters. The molecule has 2 heterocycles. The third kappa shape index (κ3) is 1.97. The molecule has 5 heteroatoms. The van der Waals surface area contributed by atoms with Gasteiger partial charge in [-0.1, -0.05) is 0 Å². The van der Waals surface area contributed by atoms with E-state index >= 15 is 0 Å². The summed E-state index contributed by atoms with van der Waals surface area (Å²) in [5.41, 5.74) is 0. The highest BCUT2D eigenvalue weighted by atomic mass is 32.1. The van der Waals surface area contributed by atoms with Gasteiger partial charge in [-0.05, 0) is 6.92 Å². The van der Waals surface area contributed by atoms with Crippen molar-refractivity contribution < 1.29 is 4.79 Å². The Bertz CT molecular complexity index is 368. The predicted molar refractivity (Wildman–Crippen MR) is 61.2 cm³/mol. The SMILES string of the molecule is Cc1cnc(N2CC(C(=O)N(C)C)C2)s1. The van der Waals surface area contributed by atoms with Crippen molar-refractivity contribution >= 4 is 22.4 Å². The average molecular weight is 225 g/mol. The lowest BCUT2D eigenvalue weighted by Gasteiger charge is -2.39. The van der Waals surface area contributed by atoms with Gasteiger partial charge in [0.05, 0.1) is 5.92 Å². The van der Waals surface area contributed by atoms with Crippen LogP contribution in [0, 0.1) is 12.8 Å². The number of aryl methyl sites for hydroxylation is 1. The highest BCUT2D eigenvalue weighted by Gasteiger charge is 2.34. The Morgan fingerprint density at radius 2 is 2.27 bits per heavy atom. The number of aromatic nitrogens is 1. The number of rotatable bonds is 2. The second kappa shape index (κ2) is 3.81. The van der Waals surface area contributed by atoms with Crippen LogP contribution in [0.3, 0.4) is 0 Å². The van der Waals surface area contributed by atoms with E-state index in [1.807, 2.05) is 13.1 Å². The summed E-state index contributed by atoms with van der Waals surface area (Å²) in [6.45, 7) is 3.66. The normalized spacial score (nSPS) is 16.3. The second-order valence-electron chi connectivity index (χ2n) is 4.09. The lowest BCUT2D eigenvalue weighted by molar-refractivity contribution is -0.133. The van der Waals surface area contributed by atoms with Gasteiger partial charge in [0.25, 0.3) is 0 Å². The van der Waals surface area contributed by atoms with Gasteiger partial charge in [-0.15, -0.1) is 11.3 Å². The second-order valence-corrected chi connectivity index (χ2v) is 5.30. The third-order valence-electron chi connectivity index (χ3n) is 2.55. The van der Waals surface area contributed by atoms with E-state index in [1.54, 1.807) is 30.3 Å². The fourth-order valence-corrected chi connectivity index (χ4v) is 2.42. The van der Waals surface area contributed by atoms with Gasteiger partial charge in [0, 0.05) is 38.3 Å². The van der Waals surface area contributed by atoms with E-state index in [-0.39, 0.29) is 11.8 Å². The molecule has 0 aliphatic carbocycles. The maximum atomic E-state index is 11.6. The molecule has 0 atom stereocenters. The van der Waals surface area contributed by atoms with Gasteiger partial charge in [-0.2, -0.15) is 0 Å². The predicted octanol–water partition coefficient (Wildman–Crippen LogP) is 0.976.